The number of allylic oxidation sites excluding steroid dienone is 5. The first-order valence-corrected chi connectivity index (χ1v) is 7.96. The highest BCUT2D eigenvalue weighted by molar-refractivity contribution is 5.96. The molecule has 2 rings (SSSR count). The SMILES string of the molecule is C\C=C/C(=C\C=C\n1cc(NC)c(C(N)=O)n1)c1cccc(CN)c1. The predicted molar refractivity (Wildman–Crippen MR) is 103 cm³/mol. The summed E-state index contributed by atoms with van der Waals surface area (Å²) >= 11 is 0. The molecule has 0 saturated heterocycles. The summed E-state index contributed by atoms with van der Waals surface area (Å²) in [6, 6.07) is 8.10. The van der Waals surface area contributed by atoms with Crippen molar-refractivity contribution in [3.63, 3.8) is 0 Å². The molecule has 1 heterocycles. The second-order valence-electron chi connectivity index (χ2n) is 5.35. The molecule has 130 valence electrons. The van der Waals surface area contributed by atoms with E-state index < -0.39 is 5.91 Å². The topological polar surface area (TPSA) is 99.0 Å². The number of carbonyl (C=O) groups is 1. The lowest BCUT2D eigenvalue weighted by molar-refractivity contribution is 0.0996. The average Bonchev–Trinajstić information content (AvgIpc) is 3.04. The summed E-state index contributed by atoms with van der Waals surface area (Å²) < 4.78 is 1.55. The molecule has 1 aromatic carbocycles. The minimum absolute atomic E-state index is 0.209. The van der Waals surface area contributed by atoms with Crippen LogP contribution < -0.4 is 16.8 Å². The van der Waals surface area contributed by atoms with Crippen LogP contribution in [-0.4, -0.2) is 22.7 Å². The number of primary amides is 1. The van der Waals surface area contributed by atoms with Gasteiger partial charge in [0.15, 0.2) is 5.69 Å². The summed E-state index contributed by atoms with van der Waals surface area (Å²) in [5, 5.41) is 7.05. The zero-order chi connectivity index (χ0) is 18.2. The Labute approximate surface area is 147 Å². The van der Waals surface area contributed by atoms with E-state index in [0.717, 1.165) is 16.7 Å². The third kappa shape index (κ3) is 4.68. The van der Waals surface area contributed by atoms with Gasteiger partial charge in [-0.15, -0.1) is 0 Å². The first kappa shape index (κ1) is 18.2. The lowest BCUT2D eigenvalue weighted by Gasteiger charge is -2.04. The normalized spacial score (nSPS) is 12.2. The molecule has 0 aliphatic carbocycles. The molecule has 0 atom stereocenters. The van der Waals surface area contributed by atoms with Crippen molar-refractivity contribution in [2.45, 2.75) is 13.5 Å². The molecule has 0 unspecified atom stereocenters. The number of aromatic nitrogens is 2. The van der Waals surface area contributed by atoms with Crippen LogP contribution >= 0.6 is 0 Å². The molecule has 1 aromatic heterocycles. The number of nitrogens with one attached hydrogen (secondary N) is 1. The molecule has 6 heteroatoms. The van der Waals surface area contributed by atoms with Gasteiger partial charge in [0, 0.05) is 19.8 Å². The highest BCUT2D eigenvalue weighted by atomic mass is 16.1. The molecule has 0 aliphatic heterocycles. The van der Waals surface area contributed by atoms with Gasteiger partial charge in [0.2, 0.25) is 0 Å². The fourth-order valence-corrected chi connectivity index (χ4v) is 2.37. The minimum Gasteiger partial charge on any atom is -0.385 e. The molecule has 0 radical (unpaired) electrons. The molecule has 0 fully saturated rings. The first-order valence-electron chi connectivity index (χ1n) is 7.96. The fraction of sp³-hybridized carbons (Fsp3) is 0.158. The van der Waals surface area contributed by atoms with E-state index >= 15 is 0 Å². The summed E-state index contributed by atoms with van der Waals surface area (Å²) in [6.45, 7) is 2.47. The van der Waals surface area contributed by atoms with Crippen LogP contribution in [0.1, 0.15) is 28.5 Å². The van der Waals surface area contributed by atoms with Gasteiger partial charge in [0.05, 0.1) is 11.9 Å². The summed E-state index contributed by atoms with van der Waals surface area (Å²) in [7, 11) is 1.71. The smallest absolute Gasteiger partial charge is 0.271 e. The van der Waals surface area contributed by atoms with Crippen molar-refractivity contribution >= 4 is 23.4 Å². The molecule has 6 nitrogen and oxygen atoms in total. The van der Waals surface area contributed by atoms with Gasteiger partial charge in [0.1, 0.15) is 0 Å². The van der Waals surface area contributed by atoms with E-state index in [-0.39, 0.29) is 5.69 Å². The van der Waals surface area contributed by atoms with Gasteiger partial charge in [-0.2, -0.15) is 5.10 Å². The van der Waals surface area contributed by atoms with Crippen molar-refractivity contribution in [2.75, 3.05) is 12.4 Å². The molecule has 0 saturated carbocycles. The Morgan fingerprint density at radius 3 is 2.80 bits per heavy atom. The number of rotatable bonds is 7. The maximum atomic E-state index is 11.4. The second kappa shape index (κ2) is 8.65. The van der Waals surface area contributed by atoms with E-state index in [1.54, 1.807) is 24.1 Å². The Morgan fingerprint density at radius 2 is 2.20 bits per heavy atom. The van der Waals surface area contributed by atoms with Crippen LogP contribution in [0.5, 0.6) is 0 Å². The van der Waals surface area contributed by atoms with Crippen molar-refractivity contribution in [1.82, 2.24) is 9.78 Å². The molecule has 0 spiro atoms. The van der Waals surface area contributed by atoms with Crippen molar-refractivity contribution in [2.24, 2.45) is 11.5 Å². The van der Waals surface area contributed by atoms with Gasteiger partial charge >= 0.3 is 0 Å². The Balaban J connectivity index is 2.29. The molecular weight excluding hydrogens is 314 g/mol. The van der Waals surface area contributed by atoms with Crippen LogP contribution in [0.4, 0.5) is 5.69 Å². The third-order valence-corrected chi connectivity index (χ3v) is 3.59. The minimum atomic E-state index is -0.569. The second-order valence-corrected chi connectivity index (χ2v) is 5.35. The number of nitrogens with two attached hydrogens (primary N) is 2. The summed E-state index contributed by atoms with van der Waals surface area (Å²) in [4.78, 5) is 11.4. The maximum Gasteiger partial charge on any atom is 0.271 e. The Bertz CT molecular complexity index is 830. The number of anilines is 1. The quantitative estimate of drug-likeness (QED) is 0.676. The molecule has 5 N–H and O–H groups in total. The van der Waals surface area contributed by atoms with E-state index in [9.17, 15) is 4.79 Å². The standard InChI is InChI=1S/C19H23N5O/c1-3-6-15(16-8-4-7-14(11-16)12-20)9-5-10-24-13-17(22-2)18(23-24)19(21)25/h3-11,13,22H,12,20H2,1-2H3,(H2,21,25)/b6-3-,10-5+,15-9+. The molecule has 0 aliphatic rings. The van der Waals surface area contributed by atoms with Gasteiger partial charge in [-0.1, -0.05) is 36.4 Å². The van der Waals surface area contributed by atoms with Crippen LogP contribution in [-0.2, 0) is 6.54 Å². The van der Waals surface area contributed by atoms with Crippen LogP contribution in [0.3, 0.4) is 0 Å². The summed E-state index contributed by atoms with van der Waals surface area (Å²) in [6.07, 6.45) is 11.3. The fourth-order valence-electron chi connectivity index (χ4n) is 2.37. The lowest BCUT2D eigenvalue weighted by Crippen LogP contribution is -2.13. The van der Waals surface area contributed by atoms with E-state index in [0.29, 0.717) is 12.2 Å². The van der Waals surface area contributed by atoms with Gasteiger partial charge in [-0.25, -0.2) is 4.68 Å². The predicted octanol–water partition coefficient (Wildman–Crippen LogP) is 2.61. The van der Waals surface area contributed by atoms with E-state index in [2.05, 4.69) is 16.5 Å². The Kier molecular flexibility index (Phi) is 6.31. The highest BCUT2D eigenvalue weighted by Crippen LogP contribution is 2.18. The van der Waals surface area contributed by atoms with Crippen LogP contribution in [0.2, 0.25) is 0 Å². The van der Waals surface area contributed by atoms with Gasteiger partial charge in [-0.3, -0.25) is 4.79 Å². The van der Waals surface area contributed by atoms with Crippen molar-refractivity contribution in [1.29, 1.82) is 0 Å². The third-order valence-electron chi connectivity index (χ3n) is 3.59. The number of hydrogen-bond donors (Lipinski definition) is 3. The van der Waals surface area contributed by atoms with E-state index in [4.69, 9.17) is 11.5 Å². The zero-order valence-electron chi connectivity index (χ0n) is 14.4. The van der Waals surface area contributed by atoms with Crippen LogP contribution in [0.15, 0.2) is 54.8 Å². The average molecular weight is 337 g/mol. The van der Waals surface area contributed by atoms with Gasteiger partial charge < -0.3 is 16.8 Å². The molecule has 1 amide bonds. The molecule has 0 bridgehead atoms. The Morgan fingerprint density at radius 1 is 1.40 bits per heavy atom. The van der Waals surface area contributed by atoms with Crippen molar-refractivity contribution in [3.05, 3.63) is 71.6 Å². The highest BCUT2D eigenvalue weighted by Gasteiger charge is 2.11. The van der Waals surface area contributed by atoms with Crippen molar-refractivity contribution in [3.8, 4) is 0 Å². The monoisotopic (exact) mass is 337 g/mol. The lowest BCUT2D eigenvalue weighted by atomic mass is 10.0. The van der Waals surface area contributed by atoms with E-state index in [1.165, 1.54) is 0 Å². The molecular formula is C19H23N5O. The van der Waals surface area contributed by atoms with Crippen LogP contribution in [0.25, 0.3) is 11.8 Å². The van der Waals surface area contributed by atoms with E-state index in [1.807, 2.05) is 49.4 Å². The Hall–Kier alpha value is -3.12. The summed E-state index contributed by atoms with van der Waals surface area (Å²) in [5.41, 5.74) is 15.0. The number of benzene rings is 1. The first-order chi connectivity index (χ1) is 12.1. The van der Waals surface area contributed by atoms with Gasteiger partial charge in [0.25, 0.3) is 5.91 Å². The number of amides is 1. The number of hydrogen-bond acceptors (Lipinski definition) is 4. The van der Waals surface area contributed by atoms with Crippen molar-refractivity contribution < 1.29 is 4.79 Å². The number of nitrogens with zero attached hydrogens (tertiary/aromatic N) is 2. The molecule has 2 aromatic rings. The van der Waals surface area contributed by atoms with Crippen LogP contribution in [0, 0.1) is 0 Å². The molecule has 25 heavy (non-hydrogen) atoms. The van der Waals surface area contributed by atoms with Gasteiger partial charge in [-0.05, 0) is 35.8 Å². The maximum absolute atomic E-state index is 11.4. The zero-order valence-corrected chi connectivity index (χ0v) is 14.4. The largest absolute Gasteiger partial charge is 0.385 e. The summed E-state index contributed by atoms with van der Waals surface area (Å²) in [5.74, 6) is -0.569. The number of carbonyl (C=O) groups excluding carboxylic acids is 1.